The predicted molar refractivity (Wildman–Crippen MR) is 208 cm³/mol. The van der Waals surface area contributed by atoms with Crippen molar-refractivity contribution in [3.63, 3.8) is 0 Å². The molecule has 0 saturated carbocycles. The second kappa shape index (κ2) is 10.2. The first-order valence-electron chi connectivity index (χ1n) is 16.8. The lowest BCUT2D eigenvalue weighted by Crippen LogP contribution is -2.05. The van der Waals surface area contributed by atoms with Crippen LogP contribution in [0.4, 0.5) is 0 Å². The molecule has 0 atom stereocenters. The highest BCUT2D eigenvalue weighted by Gasteiger charge is 2.29. The van der Waals surface area contributed by atoms with E-state index >= 15 is 0 Å². The molecule has 0 radical (unpaired) electrons. The van der Waals surface area contributed by atoms with Crippen LogP contribution in [0.1, 0.15) is 0 Å². The first-order valence-corrected chi connectivity index (χ1v) is 17.6. The van der Waals surface area contributed by atoms with Gasteiger partial charge in [-0.05, 0) is 80.2 Å². The number of para-hydroxylation sites is 2. The van der Waals surface area contributed by atoms with Crippen molar-refractivity contribution in [3.05, 3.63) is 170 Å². The fourth-order valence-electron chi connectivity index (χ4n) is 8.25. The number of benzene rings is 8. The number of fused-ring (bicyclic) bond motifs is 9. The van der Waals surface area contributed by atoms with Crippen LogP contribution in [0.25, 0.3) is 88.0 Å². The minimum Gasteiger partial charge on any atom is -0.295 e. The summed E-state index contributed by atoms with van der Waals surface area (Å²) < 4.78 is 5.05. The molecule has 0 saturated heterocycles. The normalized spacial score (nSPS) is 12.4. The standard InChI is InChI=1S/C46H28N2S/c1-3-18-33-29(12-1)14-8-20-35(33)31-16-7-17-32(28-31)47-40-25-10-22-37(36-21-9-15-30-13-2-4-19-34(30)36)43(40)44-38-23-11-27-42-45(38)48(46(44)47)39-24-5-6-26-41(39)49-42/h1-28H. The molecule has 8 aromatic carbocycles. The Kier molecular flexibility index (Phi) is 5.63. The Morgan fingerprint density at radius 2 is 1.02 bits per heavy atom. The van der Waals surface area contributed by atoms with Gasteiger partial charge in [-0.15, -0.1) is 0 Å². The lowest BCUT2D eigenvalue weighted by molar-refractivity contribution is 1.03. The zero-order valence-electron chi connectivity index (χ0n) is 26.5. The monoisotopic (exact) mass is 640 g/mol. The number of nitrogens with zero attached hydrogens (tertiary/aromatic N) is 2. The van der Waals surface area contributed by atoms with E-state index in [1.54, 1.807) is 0 Å². The lowest BCUT2D eigenvalue weighted by atomic mass is 9.94. The Balaban J connectivity index is 1.32. The van der Waals surface area contributed by atoms with Crippen molar-refractivity contribution in [2.75, 3.05) is 0 Å². The Morgan fingerprint density at radius 3 is 1.88 bits per heavy atom. The maximum absolute atomic E-state index is 2.53. The largest absolute Gasteiger partial charge is 0.295 e. The molecule has 228 valence electrons. The fourth-order valence-corrected chi connectivity index (χ4v) is 9.35. The molecular formula is C46H28N2S. The van der Waals surface area contributed by atoms with Crippen molar-refractivity contribution in [1.29, 1.82) is 0 Å². The average molecular weight is 641 g/mol. The number of hydrogen-bond donors (Lipinski definition) is 0. The minimum absolute atomic E-state index is 1.15. The van der Waals surface area contributed by atoms with E-state index in [4.69, 9.17) is 0 Å². The summed E-state index contributed by atoms with van der Waals surface area (Å²) in [5.74, 6) is 0. The van der Waals surface area contributed by atoms with E-state index in [1.807, 2.05) is 11.8 Å². The molecule has 0 spiro atoms. The van der Waals surface area contributed by atoms with Crippen molar-refractivity contribution in [3.8, 4) is 33.6 Å². The van der Waals surface area contributed by atoms with Crippen LogP contribution in [0.3, 0.4) is 0 Å². The summed E-state index contributed by atoms with van der Waals surface area (Å²) >= 11 is 1.87. The predicted octanol–water partition coefficient (Wildman–Crippen LogP) is 12.8. The average Bonchev–Trinajstić information content (AvgIpc) is 3.68. The molecule has 0 amide bonds. The van der Waals surface area contributed by atoms with Crippen LogP contribution < -0.4 is 0 Å². The summed E-state index contributed by atoms with van der Waals surface area (Å²) in [6.45, 7) is 0. The van der Waals surface area contributed by atoms with Crippen molar-refractivity contribution >= 4 is 66.1 Å². The van der Waals surface area contributed by atoms with Gasteiger partial charge in [0, 0.05) is 31.6 Å². The van der Waals surface area contributed by atoms with Crippen LogP contribution in [-0.4, -0.2) is 9.13 Å². The smallest absolute Gasteiger partial charge is 0.131 e. The van der Waals surface area contributed by atoms with E-state index in [0.29, 0.717) is 0 Å². The molecule has 1 aliphatic rings. The van der Waals surface area contributed by atoms with Crippen LogP contribution in [-0.2, 0) is 0 Å². The highest BCUT2D eigenvalue weighted by Crippen LogP contribution is 2.51. The molecule has 1 aliphatic heterocycles. The van der Waals surface area contributed by atoms with Crippen LogP contribution in [0.15, 0.2) is 180 Å². The quantitative estimate of drug-likeness (QED) is 0.187. The molecule has 0 unspecified atom stereocenters. The van der Waals surface area contributed by atoms with Crippen molar-refractivity contribution in [2.45, 2.75) is 9.79 Å². The molecule has 2 aromatic heterocycles. The third kappa shape index (κ3) is 3.79. The molecule has 0 N–H and O–H groups in total. The van der Waals surface area contributed by atoms with Crippen LogP contribution >= 0.6 is 11.8 Å². The van der Waals surface area contributed by atoms with Gasteiger partial charge in [0.15, 0.2) is 0 Å². The van der Waals surface area contributed by atoms with Crippen molar-refractivity contribution in [1.82, 2.24) is 9.13 Å². The topological polar surface area (TPSA) is 9.86 Å². The first kappa shape index (κ1) is 27.0. The molecule has 10 aromatic rings. The molecule has 3 heteroatoms. The maximum Gasteiger partial charge on any atom is 0.131 e. The maximum atomic E-state index is 2.53. The lowest BCUT2D eigenvalue weighted by Gasteiger charge is -2.21. The third-order valence-electron chi connectivity index (χ3n) is 10.3. The van der Waals surface area contributed by atoms with Gasteiger partial charge in [0.2, 0.25) is 0 Å². The third-order valence-corrected chi connectivity index (χ3v) is 11.4. The Bertz CT molecular complexity index is 2970. The van der Waals surface area contributed by atoms with Gasteiger partial charge in [0.05, 0.1) is 16.7 Å². The minimum atomic E-state index is 1.15. The van der Waals surface area contributed by atoms with Gasteiger partial charge in [-0.2, -0.15) is 0 Å². The summed E-state index contributed by atoms with van der Waals surface area (Å²) in [5.41, 5.74) is 11.0. The van der Waals surface area contributed by atoms with E-state index in [2.05, 4.69) is 179 Å². The molecular weight excluding hydrogens is 613 g/mol. The first-order chi connectivity index (χ1) is 24.3. The SMILES string of the molecule is c1cc(-c2cccc3ccccc23)cc(-n2c3cccc(-c4cccc5ccccc45)c3c3c4cccc5c4n(c32)-c2ccccc2S5)c1. The molecule has 0 aliphatic carbocycles. The Morgan fingerprint density at radius 1 is 0.408 bits per heavy atom. The summed E-state index contributed by atoms with van der Waals surface area (Å²) in [5, 5.41) is 8.91. The number of rotatable bonds is 3. The van der Waals surface area contributed by atoms with E-state index in [9.17, 15) is 0 Å². The van der Waals surface area contributed by atoms with E-state index in [0.717, 1.165) is 5.69 Å². The van der Waals surface area contributed by atoms with Gasteiger partial charge in [-0.1, -0.05) is 145 Å². The van der Waals surface area contributed by atoms with Crippen LogP contribution in [0.2, 0.25) is 0 Å². The van der Waals surface area contributed by atoms with Gasteiger partial charge in [0.25, 0.3) is 0 Å². The van der Waals surface area contributed by atoms with Crippen LogP contribution in [0.5, 0.6) is 0 Å². The van der Waals surface area contributed by atoms with Gasteiger partial charge in [0.1, 0.15) is 5.65 Å². The molecule has 0 bridgehead atoms. The van der Waals surface area contributed by atoms with Gasteiger partial charge in [-0.25, -0.2) is 0 Å². The highest BCUT2D eigenvalue weighted by molar-refractivity contribution is 7.99. The second-order valence-corrected chi connectivity index (χ2v) is 14.0. The zero-order valence-corrected chi connectivity index (χ0v) is 27.3. The Labute approximate surface area is 287 Å². The van der Waals surface area contributed by atoms with Crippen LogP contribution in [0, 0.1) is 0 Å². The molecule has 11 rings (SSSR count). The molecule has 3 heterocycles. The summed E-state index contributed by atoms with van der Waals surface area (Å²) in [7, 11) is 0. The van der Waals surface area contributed by atoms with Crippen molar-refractivity contribution in [2.24, 2.45) is 0 Å². The van der Waals surface area contributed by atoms with E-state index < -0.39 is 0 Å². The molecule has 2 nitrogen and oxygen atoms in total. The zero-order chi connectivity index (χ0) is 32.1. The molecule has 49 heavy (non-hydrogen) atoms. The van der Waals surface area contributed by atoms with E-state index in [-0.39, 0.29) is 0 Å². The highest BCUT2D eigenvalue weighted by atomic mass is 32.2. The Hall–Kier alpha value is -6.03. The van der Waals surface area contributed by atoms with Gasteiger partial charge < -0.3 is 0 Å². The summed E-state index contributed by atoms with van der Waals surface area (Å²) in [6.07, 6.45) is 0. The summed E-state index contributed by atoms with van der Waals surface area (Å²) in [6, 6.07) is 62.4. The van der Waals surface area contributed by atoms with E-state index in [1.165, 1.54) is 92.1 Å². The molecule has 0 fully saturated rings. The number of hydrogen-bond acceptors (Lipinski definition) is 1. The fraction of sp³-hybridized carbons (Fsp3) is 0. The second-order valence-electron chi connectivity index (χ2n) is 12.9. The number of aromatic nitrogens is 2. The summed E-state index contributed by atoms with van der Waals surface area (Å²) in [4.78, 5) is 2.56. The van der Waals surface area contributed by atoms with Crippen molar-refractivity contribution < 1.29 is 0 Å². The van der Waals surface area contributed by atoms with Gasteiger partial charge >= 0.3 is 0 Å². The van der Waals surface area contributed by atoms with Gasteiger partial charge in [-0.3, -0.25) is 9.13 Å².